The molecule has 0 spiro atoms. The van der Waals surface area contributed by atoms with Gasteiger partial charge in [0.2, 0.25) is 0 Å². The summed E-state index contributed by atoms with van der Waals surface area (Å²) >= 11 is 5.58. The summed E-state index contributed by atoms with van der Waals surface area (Å²) in [6.07, 6.45) is -4.78. The third kappa shape index (κ3) is 3.62. The standard InChI is InChI=1S/C13H6ClF4NO4/c14-8-3-6(13(16,17)18)4-9(15)12(8)23-7-1-2-10(19(21)22)11(20)5-7/h1-5,20H. The van der Waals surface area contributed by atoms with Gasteiger partial charge in [-0.2, -0.15) is 13.2 Å². The molecule has 5 nitrogen and oxygen atoms in total. The lowest BCUT2D eigenvalue weighted by Crippen LogP contribution is -2.06. The highest BCUT2D eigenvalue weighted by atomic mass is 35.5. The van der Waals surface area contributed by atoms with Crippen molar-refractivity contribution < 1.29 is 32.3 Å². The number of nitro groups is 1. The topological polar surface area (TPSA) is 72.6 Å². The third-order valence-electron chi connectivity index (χ3n) is 2.69. The van der Waals surface area contributed by atoms with Gasteiger partial charge >= 0.3 is 11.9 Å². The summed E-state index contributed by atoms with van der Waals surface area (Å²) in [7, 11) is 0. The number of benzene rings is 2. The van der Waals surface area contributed by atoms with Crippen LogP contribution in [0.3, 0.4) is 0 Å². The van der Waals surface area contributed by atoms with Crippen molar-refractivity contribution >= 4 is 17.3 Å². The van der Waals surface area contributed by atoms with E-state index in [9.17, 15) is 32.8 Å². The van der Waals surface area contributed by atoms with Crippen LogP contribution < -0.4 is 4.74 Å². The number of rotatable bonds is 3. The molecule has 0 bridgehead atoms. The SMILES string of the molecule is O=[N+]([O-])c1ccc(Oc2c(F)cc(C(F)(F)F)cc2Cl)cc1O. The molecule has 0 saturated heterocycles. The number of phenols is 1. The second-order valence-electron chi connectivity index (χ2n) is 4.28. The number of halogens is 5. The van der Waals surface area contributed by atoms with Crippen LogP contribution in [0.1, 0.15) is 5.56 Å². The van der Waals surface area contributed by atoms with Gasteiger partial charge in [0.25, 0.3) is 0 Å². The Morgan fingerprint density at radius 3 is 2.35 bits per heavy atom. The molecule has 0 unspecified atom stereocenters. The Balaban J connectivity index is 2.38. The largest absolute Gasteiger partial charge is 0.502 e. The molecule has 0 radical (unpaired) electrons. The minimum absolute atomic E-state index is 0.201. The maximum atomic E-state index is 13.8. The number of hydrogen-bond donors (Lipinski definition) is 1. The van der Waals surface area contributed by atoms with Crippen LogP contribution in [0.2, 0.25) is 5.02 Å². The smallest absolute Gasteiger partial charge is 0.416 e. The summed E-state index contributed by atoms with van der Waals surface area (Å²) in [5.41, 5.74) is -1.91. The van der Waals surface area contributed by atoms with Crippen LogP contribution in [-0.4, -0.2) is 10.0 Å². The van der Waals surface area contributed by atoms with Crippen molar-refractivity contribution in [1.82, 2.24) is 0 Å². The maximum absolute atomic E-state index is 13.8. The van der Waals surface area contributed by atoms with Crippen LogP contribution in [0.5, 0.6) is 17.2 Å². The molecule has 0 aromatic heterocycles. The molecule has 2 aromatic rings. The van der Waals surface area contributed by atoms with Gasteiger partial charge in [0.05, 0.1) is 15.5 Å². The van der Waals surface area contributed by atoms with Crippen molar-refractivity contribution in [1.29, 1.82) is 0 Å². The van der Waals surface area contributed by atoms with Gasteiger partial charge in [-0.15, -0.1) is 0 Å². The first-order chi connectivity index (χ1) is 10.6. The highest BCUT2D eigenvalue weighted by Crippen LogP contribution is 2.39. The normalized spacial score (nSPS) is 11.3. The van der Waals surface area contributed by atoms with E-state index in [2.05, 4.69) is 0 Å². The molecule has 0 saturated carbocycles. The Labute approximate surface area is 130 Å². The molecule has 23 heavy (non-hydrogen) atoms. The van der Waals surface area contributed by atoms with E-state index in [1.54, 1.807) is 0 Å². The Kier molecular flexibility index (Phi) is 4.33. The van der Waals surface area contributed by atoms with Crippen LogP contribution in [0, 0.1) is 15.9 Å². The Bertz CT molecular complexity index is 756. The summed E-state index contributed by atoms with van der Waals surface area (Å²) in [6, 6.07) is 3.41. The number of hydrogen-bond acceptors (Lipinski definition) is 4. The monoisotopic (exact) mass is 351 g/mol. The number of ether oxygens (including phenoxy) is 1. The van der Waals surface area contributed by atoms with Gasteiger partial charge in [0.1, 0.15) is 5.75 Å². The maximum Gasteiger partial charge on any atom is 0.416 e. The van der Waals surface area contributed by atoms with Crippen LogP contribution in [0.25, 0.3) is 0 Å². The molecule has 0 aliphatic rings. The van der Waals surface area contributed by atoms with Gasteiger partial charge in [-0.25, -0.2) is 4.39 Å². The molecule has 2 aromatic carbocycles. The van der Waals surface area contributed by atoms with Crippen LogP contribution >= 0.6 is 11.6 Å². The number of nitro benzene ring substituents is 1. The molecule has 10 heteroatoms. The molecule has 0 heterocycles. The van der Waals surface area contributed by atoms with E-state index < -0.39 is 44.7 Å². The van der Waals surface area contributed by atoms with Crippen LogP contribution in [0.4, 0.5) is 23.2 Å². The number of aromatic hydroxyl groups is 1. The van der Waals surface area contributed by atoms with Crippen LogP contribution in [-0.2, 0) is 6.18 Å². The zero-order chi connectivity index (χ0) is 17.4. The molecule has 0 atom stereocenters. The molecule has 0 fully saturated rings. The molecule has 1 N–H and O–H groups in total. The molecule has 0 aliphatic carbocycles. The molecule has 0 amide bonds. The zero-order valence-corrected chi connectivity index (χ0v) is 11.7. The van der Waals surface area contributed by atoms with Crippen molar-refractivity contribution in [2.45, 2.75) is 6.18 Å². The van der Waals surface area contributed by atoms with E-state index in [1.807, 2.05) is 0 Å². The minimum Gasteiger partial charge on any atom is -0.502 e. The van der Waals surface area contributed by atoms with Gasteiger partial charge < -0.3 is 9.84 Å². The quantitative estimate of drug-likeness (QED) is 0.485. The molecule has 122 valence electrons. The fourth-order valence-corrected chi connectivity index (χ4v) is 1.91. The predicted octanol–water partition coefficient (Wildman–Crippen LogP) is 4.90. The lowest BCUT2D eigenvalue weighted by Gasteiger charge is -2.12. The number of alkyl halides is 3. The molecule has 2 rings (SSSR count). The van der Waals surface area contributed by atoms with E-state index >= 15 is 0 Å². The van der Waals surface area contributed by atoms with Crippen molar-refractivity contribution in [2.75, 3.05) is 0 Å². The third-order valence-corrected chi connectivity index (χ3v) is 2.97. The average Bonchev–Trinajstić information content (AvgIpc) is 2.41. The average molecular weight is 352 g/mol. The van der Waals surface area contributed by atoms with Crippen LogP contribution in [0.15, 0.2) is 30.3 Å². The summed E-state index contributed by atoms with van der Waals surface area (Å²) in [6.45, 7) is 0. The van der Waals surface area contributed by atoms with E-state index in [-0.39, 0.29) is 11.8 Å². The summed E-state index contributed by atoms with van der Waals surface area (Å²) in [4.78, 5) is 9.69. The number of nitrogens with zero attached hydrogens (tertiary/aromatic N) is 1. The number of phenolic OH excluding ortho intramolecular Hbond substituents is 1. The Morgan fingerprint density at radius 2 is 1.87 bits per heavy atom. The first-order valence-corrected chi connectivity index (χ1v) is 6.19. The molecular weight excluding hydrogens is 346 g/mol. The van der Waals surface area contributed by atoms with E-state index in [0.717, 1.165) is 18.2 Å². The van der Waals surface area contributed by atoms with E-state index in [4.69, 9.17) is 16.3 Å². The Hall–Kier alpha value is -2.55. The second kappa shape index (κ2) is 5.92. The predicted molar refractivity (Wildman–Crippen MR) is 71.2 cm³/mol. The zero-order valence-electron chi connectivity index (χ0n) is 10.9. The molecule has 0 aliphatic heterocycles. The van der Waals surface area contributed by atoms with E-state index in [0.29, 0.717) is 6.07 Å². The lowest BCUT2D eigenvalue weighted by atomic mass is 10.2. The minimum atomic E-state index is -4.78. The van der Waals surface area contributed by atoms with Crippen molar-refractivity contribution in [2.24, 2.45) is 0 Å². The summed E-state index contributed by atoms with van der Waals surface area (Å²) in [5, 5.41) is 19.3. The lowest BCUT2D eigenvalue weighted by molar-refractivity contribution is -0.385. The molecular formula is C13H6ClF4NO4. The van der Waals surface area contributed by atoms with Gasteiger partial charge in [0, 0.05) is 12.1 Å². The highest BCUT2D eigenvalue weighted by Gasteiger charge is 2.32. The van der Waals surface area contributed by atoms with E-state index in [1.165, 1.54) is 0 Å². The summed E-state index contributed by atoms with van der Waals surface area (Å²) in [5.74, 6) is -3.07. The van der Waals surface area contributed by atoms with Crippen molar-refractivity contribution in [3.8, 4) is 17.2 Å². The second-order valence-corrected chi connectivity index (χ2v) is 4.68. The van der Waals surface area contributed by atoms with Gasteiger partial charge in [-0.1, -0.05) is 11.6 Å². The van der Waals surface area contributed by atoms with Gasteiger partial charge in [-0.05, 0) is 18.2 Å². The fourth-order valence-electron chi connectivity index (χ4n) is 1.66. The van der Waals surface area contributed by atoms with Gasteiger partial charge in [-0.3, -0.25) is 10.1 Å². The fraction of sp³-hybridized carbons (Fsp3) is 0.0769. The first kappa shape index (κ1) is 16.8. The first-order valence-electron chi connectivity index (χ1n) is 5.81. The van der Waals surface area contributed by atoms with Gasteiger partial charge in [0.15, 0.2) is 17.3 Å². The Morgan fingerprint density at radius 1 is 1.22 bits per heavy atom. The van der Waals surface area contributed by atoms with Crippen molar-refractivity contribution in [3.05, 3.63) is 56.8 Å². The van der Waals surface area contributed by atoms with Crippen molar-refractivity contribution in [3.63, 3.8) is 0 Å². The summed E-state index contributed by atoms with van der Waals surface area (Å²) < 4.78 is 56.3. The highest BCUT2D eigenvalue weighted by molar-refractivity contribution is 6.32.